The predicted molar refractivity (Wildman–Crippen MR) is 63.0 cm³/mol. The molecular formula is C11H16N2O4. The highest BCUT2D eigenvalue weighted by Crippen LogP contribution is 2.27. The van der Waals surface area contributed by atoms with Crippen molar-refractivity contribution in [2.75, 3.05) is 19.8 Å². The Kier molecular flexibility index (Phi) is 5.38. The Labute approximate surface area is 99.5 Å². The maximum Gasteiger partial charge on any atom is 0.311 e. The molecule has 0 radical (unpaired) electrons. The van der Waals surface area contributed by atoms with Crippen LogP contribution >= 0.6 is 0 Å². The summed E-state index contributed by atoms with van der Waals surface area (Å²) in [6.45, 7) is 3.43. The van der Waals surface area contributed by atoms with Gasteiger partial charge in [0.1, 0.15) is 6.61 Å². The molecule has 0 aliphatic carbocycles. The number of ether oxygens (including phenoxy) is 2. The first-order chi connectivity index (χ1) is 8.19. The standard InChI is InChI=1S/C11H16N2O4/c1-2-16-5-6-17-11-4-3-9(8-12)7-10(11)13(14)15/h3-4,7H,2,5-6,8,12H2,1H3. The maximum atomic E-state index is 10.8. The van der Waals surface area contributed by atoms with Crippen LogP contribution in [0.25, 0.3) is 0 Å². The van der Waals surface area contributed by atoms with E-state index in [-0.39, 0.29) is 24.6 Å². The van der Waals surface area contributed by atoms with Crippen LogP contribution in [0.4, 0.5) is 5.69 Å². The van der Waals surface area contributed by atoms with E-state index in [1.54, 1.807) is 12.1 Å². The number of nitrogens with two attached hydrogens (primary N) is 1. The van der Waals surface area contributed by atoms with Crippen molar-refractivity contribution in [2.24, 2.45) is 5.73 Å². The van der Waals surface area contributed by atoms with Gasteiger partial charge in [-0.15, -0.1) is 0 Å². The quantitative estimate of drug-likeness (QED) is 0.443. The second-order valence-electron chi connectivity index (χ2n) is 3.31. The van der Waals surface area contributed by atoms with E-state index in [1.807, 2.05) is 6.92 Å². The second-order valence-corrected chi connectivity index (χ2v) is 3.31. The third-order valence-corrected chi connectivity index (χ3v) is 2.15. The molecule has 1 aromatic carbocycles. The molecule has 0 spiro atoms. The Morgan fingerprint density at radius 1 is 1.41 bits per heavy atom. The number of nitro groups is 1. The normalized spacial score (nSPS) is 10.2. The van der Waals surface area contributed by atoms with Crippen molar-refractivity contribution in [1.82, 2.24) is 0 Å². The van der Waals surface area contributed by atoms with Gasteiger partial charge < -0.3 is 15.2 Å². The van der Waals surface area contributed by atoms with Crippen LogP contribution in [0, 0.1) is 10.1 Å². The average Bonchev–Trinajstić information content (AvgIpc) is 2.34. The van der Waals surface area contributed by atoms with Crippen LogP contribution in [0.3, 0.4) is 0 Å². The summed E-state index contributed by atoms with van der Waals surface area (Å²) in [6, 6.07) is 4.70. The van der Waals surface area contributed by atoms with Gasteiger partial charge in [-0.1, -0.05) is 6.07 Å². The van der Waals surface area contributed by atoms with Crippen molar-refractivity contribution in [3.63, 3.8) is 0 Å². The van der Waals surface area contributed by atoms with Gasteiger partial charge in [0.2, 0.25) is 0 Å². The van der Waals surface area contributed by atoms with Gasteiger partial charge in [0.15, 0.2) is 5.75 Å². The number of hydrogen-bond acceptors (Lipinski definition) is 5. The number of nitro benzene ring substituents is 1. The Bertz CT molecular complexity index is 382. The lowest BCUT2D eigenvalue weighted by molar-refractivity contribution is -0.385. The highest BCUT2D eigenvalue weighted by atomic mass is 16.6. The van der Waals surface area contributed by atoms with Gasteiger partial charge >= 0.3 is 5.69 Å². The van der Waals surface area contributed by atoms with E-state index < -0.39 is 4.92 Å². The Morgan fingerprint density at radius 2 is 2.18 bits per heavy atom. The van der Waals surface area contributed by atoms with Crippen LogP contribution < -0.4 is 10.5 Å². The first-order valence-electron chi connectivity index (χ1n) is 5.37. The molecule has 0 fully saturated rings. The summed E-state index contributed by atoms with van der Waals surface area (Å²) in [6.07, 6.45) is 0. The molecule has 0 bridgehead atoms. The van der Waals surface area contributed by atoms with Gasteiger partial charge in [-0.2, -0.15) is 0 Å². The summed E-state index contributed by atoms with van der Waals surface area (Å²) in [4.78, 5) is 10.4. The first kappa shape index (κ1) is 13.4. The van der Waals surface area contributed by atoms with Gasteiger partial charge in [0.05, 0.1) is 11.5 Å². The third-order valence-electron chi connectivity index (χ3n) is 2.15. The van der Waals surface area contributed by atoms with Crippen molar-refractivity contribution in [1.29, 1.82) is 0 Å². The molecule has 6 nitrogen and oxygen atoms in total. The summed E-state index contributed by atoms with van der Waals surface area (Å²) in [5.41, 5.74) is 6.06. The van der Waals surface area contributed by atoms with E-state index in [2.05, 4.69) is 0 Å². The molecule has 0 heterocycles. The Hall–Kier alpha value is -1.66. The minimum atomic E-state index is -0.477. The van der Waals surface area contributed by atoms with Crippen LogP contribution in [0.1, 0.15) is 12.5 Å². The molecule has 6 heteroatoms. The van der Waals surface area contributed by atoms with Gasteiger partial charge in [-0.3, -0.25) is 10.1 Å². The molecule has 2 N–H and O–H groups in total. The smallest absolute Gasteiger partial charge is 0.311 e. The maximum absolute atomic E-state index is 10.8. The molecule has 0 saturated carbocycles. The highest BCUT2D eigenvalue weighted by molar-refractivity contribution is 5.48. The van der Waals surface area contributed by atoms with E-state index in [4.69, 9.17) is 15.2 Å². The lowest BCUT2D eigenvalue weighted by atomic mass is 10.2. The lowest BCUT2D eigenvalue weighted by Gasteiger charge is -2.07. The van der Waals surface area contributed by atoms with Crippen LogP contribution in [0.15, 0.2) is 18.2 Å². The zero-order valence-electron chi connectivity index (χ0n) is 9.72. The fourth-order valence-corrected chi connectivity index (χ4v) is 1.31. The lowest BCUT2D eigenvalue weighted by Crippen LogP contribution is -2.08. The average molecular weight is 240 g/mol. The Balaban J connectivity index is 2.73. The van der Waals surface area contributed by atoms with Crippen LogP contribution in [-0.4, -0.2) is 24.7 Å². The number of benzene rings is 1. The van der Waals surface area contributed by atoms with E-state index in [0.717, 1.165) is 0 Å². The fraction of sp³-hybridized carbons (Fsp3) is 0.455. The molecule has 0 amide bonds. The molecule has 0 saturated heterocycles. The van der Waals surface area contributed by atoms with Crippen molar-refractivity contribution in [3.8, 4) is 5.75 Å². The molecule has 0 atom stereocenters. The minimum Gasteiger partial charge on any atom is -0.484 e. The van der Waals surface area contributed by atoms with E-state index >= 15 is 0 Å². The van der Waals surface area contributed by atoms with Crippen molar-refractivity contribution in [3.05, 3.63) is 33.9 Å². The summed E-state index contributed by atoms with van der Waals surface area (Å²) in [5, 5.41) is 10.8. The van der Waals surface area contributed by atoms with E-state index in [0.29, 0.717) is 18.8 Å². The molecule has 0 unspecified atom stereocenters. The van der Waals surface area contributed by atoms with Gasteiger partial charge in [0, 0.05) is 19.2 Å². The minimum absolute atomic E-state index is 0.0653. The van der Waals surface area contributed by atoms with Crippen LogP contribution in [-0.2, 0) is 11.3 Å². The Morgan fingerprint density at radius 3 is 2.76 bits per heavy atom. The monoisotopic (exact) mass is 240 g/mol. The van der Waals surface area contributed by atoms with E-state index in [9.17, 15) is 10.1 Å². The zero-order valence-corrected chi connectivity index (χ0v) is 9.72. The third kappa shape index (κ3) is 4.01. The second kappa shape index (κ2) is 6.82. The highest BCUT2D eigenvalue weighted by Gasteiger charge is 2.15. The summed E-state index contributed by atoms with van der Waals surface area (Å²) in [7, 11) is 0. The van der Waals surface area contributed by atoms with Crippen molar-refractivity contribution in [2.45, 2.75) is 13.5 Å². The zero-order chi connectivity index (χ0) is 12.7. The number of rotatable bonds is 7. The van der Waals surface area contributed by atoms with Crippen LogP contribution in [0.2, 0.25) is 0 Å². The summed E-state index contributed by atoms with van der Waals surface area (Å²) >= 11 is 0. The predicted octanol–water partition coefficient (Wildman–Crippen LogP) is 1.47. The first-order valence-corrected chi connectivity index (χ1v) is 5.37. The number of nitrogens with zero attached hydrogens (tertiary/aromatic N) is 1. The molecule has 17 heavy (non-hydrogen) atoms. The molecule has 94 valence electrons. The molecular weight excluding hydrogens is 224 g/mol. The number of hydrogen-bond donors (Lipinski definition) is 1. The molecule has 0 aromatic heterocycles. The van der Waals surface area contributed by atoms with E-state index in [1.165, 1.54) is 6.07 Å². The molecule has 0 aliphatic heterocycles. The SMILES string of the molecule is CCOCCOc1ccc(CN)cc1[N+](=O)[O-]. The fourth-order valence-electron chi connectivity index (χ4n) is 1.31. The van der Waals surface area contributed by atoms with Crippen LogP contribution in [0.5, 0.6) is 5.75 Å². The summed E-state index contributed by atoms with van der Waals surface area (Å²) < 4.78 is 10.4. The van der Waals surface area contributed by atoms with Gasteiger partial charge in [0.25, 0.3) is 0 Å². The van der Waals surface area contributed by atoms with Crippen molar-refractivity contribution < 1.29 is 14.4 Å². The van der Waals surface area contributed by atoms with Crippen molar-refractivity contribution >= 4 is 5.69 Å². The summed E-state index contributed by atoms with van der Waals surface area (Å²) in [5.74, 6) is 0.243. The van der Waals surface area contributed by atoms with Gasteiger partial charge in [-0.05, 0) is 18.6 Å². The van der Waals surface area contributed by atoms with Gasteiger partial charge in [-0.25, -0.2) is 0 Å². The molecule has 1 aromatic rings. The topological polar surface area (TPSA) is 87.6 Å². The molecule has 1 rings (SSSR count). The molecule has 0 aliphatic rings. The largest absolute Gasteiger partial charge is 0.484 e.